The summed E-state index contributed by atoms with van der Waals surface area (Å²) in [5.41, 5.74) is 0. The van der Waals surface area contributed by atoms with Gasteiger partial charge in [0.1, 0.15) is 0 Å². The molecule has 1 aromatic carbocycles. The molecule has 0 atom stereocenters. The minimum absolute atomic E-state index is 0.0275. The highest BCUT2D eigenvalue weighted by atomic mass is 16.5. The van der Waals surface area contributed by atoms with Crippen LogP contribution in [-0.4, -0.2) is 11.1 Å². The van der Waals surface area contributed by atoms with Gasteiger partial charge in [0, 0.05) is 0 Å². The summed E-state index contributed by atoms with van der Waals surface area (Å²) >= 11 is 0. The molecule has 0 saturated carbocycles. The van der Waals surface area contributed by atoms with Gasteiger partial charge in [0.25, 0.3) is 0 Å². The van der Waals surface area contributed by atoms with Crippen molar-refractivity contribution in [3.63, 3.8) is 0 Å². The molecule has 0 bridgehead atoms. The number of esters is 1. The Kier molecular flexibility index (Phi) is 3.31. The van der Waals surface area contributed by atoms with Crippen molar-refractivity contribution in [1.82, 2.24) is 0 Å². The van der Waals surface area contributed by atoms with Gasteiger partial charge < -0.3 is 9.84 Å². The molecule has 3 nitrogen and oxygen atoms in total. The molecule has 3 heteroatoms. The van der Waals surface area contributed by atoms with E-state index < -0.39 is 5.97 Å². The van der Waals surface area contributed by atoms with Gasteiger partial charge in [-0.2, -0.15) is 0 Å². The molecule has 0 aliphatic heterocycles. The van der Waals surface area contributed by atoms with E-state index in [0.29, 0.717) is 6.42 Å². The second-order valence-electron chi connectivity index (χ2n) is 2.50. The summed E-state index contributed by atoms with van der Waals surface area (Å²) in [7, 11) is 0. The second kappa shape index (κ2) is 4.50. The highest BCUT2D eigenvalue weighted by Gasteiger charge is 2.06. The molecule has 1 rings (SSSR count). The number of ether oxygens (including phenoxy) is 1. The maximum absolute atomic E-state index is 11.0. The molecule has 1 N–H and O–H groups in total. The Morgan fingerprint density at radius 2 is 2.23 bits per heavy atom. The molecular weight excluding hydrogens is 168 g/mol. The monoisotopic (exact) mass is 179 g/mol. The number of rotatable bonds is 3. The van der Waals surface area contributed by atoms with Crippen molar-refractivity contribution in [1.29, 1.82) is 0 Å². The summed E-state index contributed by atoms with van der Waals surface area (Å²) in [5, 5.41) is 9.24. The van der Waals surface area contributed by atoms with Gasteiger partial charge >= 0.3 is 5.97 Å². The molecule has 1 radical (unpaired) electrons. The van der Waals surface area contributed by atoms with E-state index in [4.69, 9.17) is 4.74 Å². The zero-order valence-electron chi connectivity index (χ0n) is 7.36. The molecule has 0 unspecified atom stereocenters. The number of phenolic OH excluding ortho intramolecular Hbond substituents is 1. The lowest BCUT2D eigenvalue weighted by Crippen LogP contribution is -2.07. The summed E-state index contributed by atoms with van der Waals surface area (Å²) in [4.78, 5) is 11.0. The third-order valence-electron chi connectivity index (χ3n) is 1.45. The fourth-order valence-electron chi connectivity index (χ4n) is 0.860. The molecule has 0 amide bonds. The average Bonchev–Trinajstić information content (AvgIpc) is 2.09. The van der Waals surface area contributed by atoms with Gasteiger partial charge in [-0.05, 0) is 18.6 Å². The number of hydrogen-bond acceptors (Lipinski definition) is 3. The van der Waals surface area contributed by atoms with Crippen LogP contribution < -0.4 is 4.74 Å². The minimum Gasteiger partial charge on any atom is -0.504 e. The standard InChI is InChI=1S/C10H11O3/c1-2-5-10(12)13-9-7-4-3-6-8(9)11/h3-7,11H,2H2,1H3. The number of aromatic hydroxyl groups is 1. The highest BCUT2D eigenvalue weighted by molar-refractivity contribution is 5.81. The Morgan fingerprint density at radius 1 is 1.54 bits per heavy atom. The van der Waals surface area contributed by atoms with E-state index in [-0.39, 0.29) is 11.5 Å². The van der Waals surface area contributed by atoms with Gasteiger partial charge in [-0.3, -0.25) is 4.79 Å². The lowest BCUT2D eigenvalue weighted by atomic mass is 10.3. The van der Waals surface area contributed by atoms with Crippen molar-refractivity contribution in [2.24, 2.45) is 0 Å². The van der Waals surface area contributed by atoms with Crippen LogP contribution in [0.15, 0.2) is 24.3 Å². The molecule has 1 aromatic rings. The van der Waals surface area contributed by atoms with Crippen molar-refractivity contribution < 1.29 is 14.6 Å². The Balaban J connectivity index is 2.63. The Labute approximate surface area is 77.0 Å². The van der Waals surface area contributed by atoms with Crippen molar-refractivity contribution in [2.45, 2.75) is 13.3 Å². The normalized spacial score (nSPS) is 9.62. The lowest BCUT2D eigenvalue weighted by molar-refractivity contribution is -0.130. The second-order valence-corrected chi connectivity index (χ2v) is 2.50. The van der Waals surface area contributed by atoms with Crippen LogP contribution in [0.3, 0.4) is 0 Å². The SMILES string of the molecule is CC[CH]C(=O)Oc1ccccc1O. The minimum atomic E-state index is -0.441. The van der Waals surface area contributed by atoms with Crippen LogP contribution in [0.2, 0.25) is 0 Å². The van der Waals surface area contributed by atoms with Crippen LogP contribution in [0.1, 0.15) is 13.3 Å². The predicted octanol–water partition coefficient (Wildman–Crippen LogP) is 1.91. The molecule has 13 heavy (non-hydrogen) atoms. The van der Waals surface area contributed by atoms with Crippen molar-refractivity contribution >= 4 is 5.97 Å². The van der Waals surface area contributed by atoms with Gasteiger partial charge in [-0.1, -0.05) is 19.1 Å². The van der Waals surface area contributed by atoms with Gasteiger partial charge in [-0.15, -0.1) is 0 Å². The zero-order chi connectivity index (χ0) is 9.68. The van der Waals surface area contributed by atoms with E-state index >= 15 is 0 Å². The predicted molar refractivity (Wildman–Crippen MR) is 48.3 cm³/mol. The number of carbonyl (C=O) groups is 1. The van der Waals surface area contributed by atoms with Crippen molar-refractivity contribution in [3.05, 3.63) is 30.7 Å². The molecule has 0 fully saturated rings. The molecular formula is C10H11O3. The summed E-state index contributed by atoms with van der Waals surface area (Å²) in [6.07, 6.45) is 2.03. The van der Waals surface area contributed by atoms with Crippen LogP contribution in [-0.2, 0) is 4.79 Å². The summed E-state index contributed by atoms with van der Waals surface area (Å²) in [6, 6.07) is 6.36. The van der Waals surface area contributed by atoms with Gasteiger partial charge in [0.2, 0.25) is 0 Å². The van der Waals surface area contributed by atoms with Crippen molar-refractivity contribution in [3.8, 4) is 11.5 Å². The quantitative estimate of drug-likeness (QED) is 0.569. The Hall–Kier alpha value is -1.51. The van der Waals surface area contributed by atoms with Gasteiger partial charge in [0.15, 0.2) is 11.5 Å². The molecule has 0 aromatic heterocycles. The zero-order valence-corrected chi connectivity index (χ0v) is 7.36. The van der Waals surface area contributed by atoms with E-state index in [1.165, 1.54) is 18.6 Å². The van der Waals surface area contributed by atoms with E-state index in [1.807, 2.05) is 6.92 Å². The number of benzene rings is 1. The third kappa shape index (κ3) is 2.78. The average molecular weight is 179 g/mol. The smallest absolute Gasteiger partial charge is 0.315 e. The van der Waals surface area contributed by atoms with Crippen LogP contribution in [0.4, 0.5) is 0 Å². The summed E-state index contributed by atoms with van der Waals surface area (Å²) in [6.45, 7) is 1.84. The van der Waals surface area contributed by atoms with E-state index in [2.05, 4.69) is 0 Å². The Morgan fingerprint density at radius 3 is 2.85 bits per heavy atom. The maximum Gasteiger partial charge on any atom is 0.315 e. The number of phenols is 1. The number of hydrogen-bond donors (Lipinski definition) is 1. The molecule has 69 valence electrons. The molecule has 0 saturated heterocycles. The van der Waals surface area contributed by atoms with Crippen LogP contribution in [0.5, 0.6) is 11.5 Å². The highest BCUT2D eigenvalue weighted by Crippen LogP contribution is 2.24. The summed E-state index contributed by atoms with van der Waals surface area (Å²) < 4.78 is 4.84. The first-order valence-electron chi connectivity index (χ1n) is 4.07. The molecule has 0 aliphatic rings. The molecule has 0 spiro atoms. The first-order valence-corrected chi connectivity index (χ1v) is 4.07. The van der Waals surface area contributed by atoms with Crippen LogP contribution in [0, 0.1) is 6.42 Å². The maximum atomic E-state index is 11.0. The first-order chi connectivity index (χ1) is 6.24. The fourth-order valence-corrected chi connectivity index (χ4v) is 0.860. The summed E-state index contributed by atoms with van der Waals surface area (Å²) in [5.74, 6) is -0.276. The van der Waals surface area contributed by atoms with Crippen LogP contribution >= 0.6 is 0 Å². The van der Waals surface area contributed by atoms with Crippen LogP contribution in [0.25, 0.3) is 0 Å². The van der Waals surface area contributed by atoms with Crippen molar-refractivity contribution in [2.75, 3.05) is 0 Å². The third-order valence-corrected chi connectivity index (χ3v) is 1.45. The topological polar surface area (TPSA) is 46.5 Å². The number of carbonyl (C=O) groups excluding carboxylic acids is 1. The molecule has 0 heterocycles. The Bertz CT molecular complexity index is 294. The largest absolute Gasteiger partial charge is 0.504 e. The van der Waals surface area contributed by atoms with E-state index in [9.17, 15) is 9.90 Å². The fraction of sp³-hybridized carbons (Fsp3) is 0.200. The van der Waals surface area contributed by atoms with Gasteiger partial charge in [0.05, 0.1) is 6.42 Å². The lowest BCUT2D eigenvalue weighted by Gasteiger charge is -2.03. The number of para-hydroxylation sites is 2. The first kappa shape index (κ1) is 9.58. The van der Waals surface area contributed by atoms with E-state index in [1.54, 1.807) is 12.1 Å². The molecule has 0 aliphatic carbocycles. The van der Waals surface area contributed by atoms with Gasteiger partial charge in [-0.25, -0.2) is 0 Å². The van der Waals surface area contributed by atoms with E-state index in [0.717, 1.165) is 0 Å².